The van der Waals surface area contributed by atoms with Gasteiger partial charge in [0.2, 0.25) is 10.0 Å². The summed E-state index contributed by atoms with van der Waals surface area (Å²) in [5, 5.41) is 9.78. The van der Waals surface area contributed by atoms with Crippen molar-refractivity contribution in [3.8, 4) is 22.4 Å². The maximum atomic E-state index is 11.7. The maximum Gasteiger partial charge on any atom is 0.238 e. The van der Waals surface area contributed by atoms with Crippen LogP contribution in [-0.4, -0.2) is 13.6 Å². The van der Waals surface area contributed by atoms with E-state index in [-0.39, 0.29) is 10.3 Å². The molecule has 0 unspecified atom stereocenters. The molecule has 1 aromatic heterocycles. The Morgan fingerprint density at radius 2 is 1.47 bits per heavy atom. The first-order chi connectivity index (χ1) is 14.4. The van der Waals surface area contributed by atoms with E-state index in [2.05, 4.69) is 12.1 Å². The molecule has 30 heavy (non-hydrogen) atoms. The normalized spacial score (nSPS) is 17.3. The third-order valence-electron chi connectivity index (χ3n) is 6.22. The fraction of sp³-hybridized carbons (Fsp3) is 0.375. The van der Waals surface area contributed by atoms with Crippen molar-refractivity contribution < 1.29 is 12.9 Å². The van der Waals surface area contributed by atoms with E-state index in [9.17, 15) is 8.42 Å². The smallest absolute Gasteiger partial charge is 0.238 e. The van der Waals surface area contributed by atoms with Gasteiger partial charge in [0.1, 0.15) is 5.69 Å². The molecule has 0 aliphatic heterocycles. The van der Waals surface area contributed by atoms with Gasteiger partial charge in [-0.15, -0.1) is 0 Å². The Morgan fingerprint density at radius 1 is 0.867 bits per heavy atom. The summed E-state index contributed by atoms with van der Waals surface area (Å²) in [6.45, 7) is 2.27. The molecule has 2 aromatic carbocycles. The predicted octanol–water partition coefficient (Wildman–Crippen LogP) is 5.66. The highest BCUT2D eigenvalue weighted by atomic mass is 32.2. The van der Waals surface area contributed by atoms with Gasteiger partial charge >= 0.3 is 0 Å². The second-order valence-electron chi connectivity index (χ2n) is 8.50. The molecule has 0 atom stereocenters. The van der Waals surface area contributed by atoms with Crippen LogP contribution in [0.25, 0.3) is 22.4 Å². The number of sulfonamides is 1. The van der Waals surface area contributed by atoms with Crippen LogP contribution in [0.3, 0.4) is 0 Å². The van der Waals surface area contributed by atoms with Crippen LogP contribution in [0, 0.1) is 0 Å². The molecule has 0 saturated heterocycles. The summed E-state index contributed by atoms with van der Waals surface area (Å²) >= 11 is 0. The lowest BCUT2D eigenvalue weighted by Gasteiger charge is -2.30. The maximum absolute atomic E-state index is 11.7. The zero-order valence-electron chi connectivity index (χ0n) is 17.3. The first kappa shape index (κ1) is 20.8. The zero-order valence-corrected chi connectivity index (χ0v) is 18.1. The minimum Gasteiger partial charge on any atom is -0.360 e. The van der Waals surface area contributed by atoms with E-state index >= 15 is 0 Å². The Labute approximate surface area is 178 Å². The van der Waals surface area contributed by atoms with E-state index in [1.807, 2.05) is 30.3 Å². The molecular formula is C24H28N2O3S. The topological polar surface area (TPSA) is 86.2 Å². The molecule has 0 amide bonds. The zero-order chi connectivity index (χ0) is 21.2. The van der Waals surface area contributed by atoms with Crippen molar-refractivity contribution in [3.05, 3.63) is 60.4 Å². The molecule has 1 aliphatic carbocycles. The van der Waals surface area contributed by atoms with Crippen LogP contribution < -0.4 is 5.14 Å². The Bertz CT molecular complexity index is 1100. The summed E-state index contributed by atoms with van der Waals surface area (Å²) < 4.78 is 29.5. The van der Waals surface area contributed by atoms with E-state index in [0.717, 1.165) is 41.0 Å². The number of nitrogens with zero attached hydrogens (tertiary/aromatic N) is 1. The molecule has 6 heteroatoms. The Hall–Kier alpha value is -2.44. The average molecular weight is 425 g/mol. The molecule has 1 aliphatic rings. The summed E-state index contributed by atoms with van der Waals surface area (Å²) in [6.07, 6.45) is 8.23. The Balaban J connectivity index is 1.86. The van der Waals surface area contributed by atoms with Gasteiger partial charge in [-0.2, -0.15) is 0 Å². The minimum absolute atomic E-state index is 0.0997. The van der Waals surface area contributed by atoms with Gasteiger partial charge in [-0.05, 0) is 30.5 Å². The van der Waals surface area contributed by atoms with Crippen molar-refractivity contribution in [1.29, 1.82) is 0 Å². The number of benzene rings is 2. The fourth-order valence-electron chi connectivity index (χ4n) is 4.49. The van der Waals surface area contributed by atoms with E-state index in [1.54, 1.807) is 24.3 Å². The number of primary sulfonamides is 1. The molecule has 4 rings (SSSR count). The third-order valence-corrected chi connectivity index (χ3v) is 7.15. The molecule has 158 valence electrons. The van der Waals surface area contributed by atoms with Crippen LogP contribution in [0.15, 0.2) is 64.0 Å². The van der Waals surface area contributed by atoms with Crippen molar-refractivity contribution >= 4 is 10.0 Å². The summed E-state index contributed by atoms with van der Waals surface area (Å²) in [6, 6.07) is 16.7. The summed E-state index contributed by atoms with van der Waals surface area (Å²) in [5.41, 5.74) is 3.50. The molecule has 0 bridgehead atoms. The minimum atomic E-state index is -3.74. The van der Waals surface area contributed by atoms with E-state index in [0.29, 0.717) is 0 Å². The average Bonchev–Trinajstić information content (AvgIpc) is 3.17. The van der Waals surface area contributed by atoms with Crippen LogP contribution in [-0.2, 0) is 15.4 Å². The molecule has 1 saturated carbocycles. The standard InChI is InChI=1S/C24H28N2O3S/c1-24(16-8-3-2-4-9-17-24)23-21(18-12-14-20(15-13-18)30(25,27)28)22(26-29-23)19-10-6-5-7-11-19/h5-7,10-15H,2-4,8-9,16-17H2,1H3,(H2,25,27,28). The quantitative estimate of drug-likeness (QED) is 0.586. The van der Waals surface area contributed by atoms with Crippen LogP contribution in [0.2, 0.25) is 0 Å². The predicted molar refractivity (Wildman–Crippen MR) is 118 cm³/mol. The third kappa shape index (κ3) is 4.20. The summed E-state index contributed by atoms with van der Waals surface area (Å²) in [5.74, 6) is 0.895. The summed E-state index contributed by atoms with van der Waals surface area (Å²) in [4.78, 5) is 0.0997. The highest BCUT2D eigenvalue weighted by Crippen LogP contribution is 2.45. The second-order valence-corrected chi connectivity index (χ2v) is 10.1. The van der Waals surface area contributed by atoms with Crippen molar-refractivity contribution in [1.82, 2.24) is 5.16 Å². The molecule has 2 N–H and O–H groups in total. The number of aromatic nitrogens is 1. The number of rotatable bonds is 4. The molecule has 0 radical (unpaired) electrons. The van der Waals surface area contributed by atoms with Gasteiger partial charge in [0.15, 0.2) is 5.76 Å². The number of hydrogen-bond donors (Lipinski definition) is 1. The van der Waals surface area contributed by atoms with E-state index in [4.69, 9.17) is 9.66 Å². The lowest BCUT2D eigenvalue weighted by molar-refractivity contribution is 0.255. The fourth-order valence-corrected chi connectivity index (χ4v) is 5.00. The monoisotopic (exact) mass is 424 g/mol. The van der Waals surface area contributed by atoms with Crippen molar-refractivity contribution in [2.75, 3.05) is 0 Å². The van der Waals surface area contributed by atoms with E-state index < -0.39 is 10.0 Å². The molecule has 5 nitrogen and oxygen atoms in total. The highest BCUT2D eigenvalue weighted by Gasteiger charge is 2.35. The van der Waals surface area contributed by atoms with Crippen molar-refractivity contribution in [2.24, 2.45) is 5.14 Å². The number of hydrogen-bond acceptors (Lipinski definition) is 4. The van der Waals surface area contributed by atoms with Crippen LogP contribution in [0.5, 0.6) is 0 Å². The molecule has 0 spiro atoms. The molecular weight excluding hydrogens is 396 g/mol. The second kappa shape index (κ2) is 8.36. The first-order valence-electron chi connectivity index (χ1n) is 10.6. The highest BCUT2D eigenvalue weighted by molar-refractivity contribution is 7.89. The first-order valence-corrected chi connectivity index (χ1v) is 12.1. The van der Waals surface area contributed by atoms with Gasteiger partial charge in [-0.1, -0.05) is 86.6 Å². The van der Waals surface area contributed by atoms with Crippen LogP contribution >= 0.6 is 0 Å². The van der Waals surface area contributed by atoms with Crippen LogP contribution in [0.4, 0.5) is 0 Å². The lowest BCUT2D eigenvalue weighted by Crippen LogP contribution is -2.23. The van der Waals surface area contributed by atoms with Crippen molar-refractivity contribution in [3.63, 3.8) is 0 Å². The molecule has 1 heterocycles. The van der Waals surface area contributed by atoms with Gasteiger partial charge in [0.25, 0.3) is 0 Å². The number of nitrogens with two attached hydrogens (primary N) is 1. The van der Waals surface area contributed by atoms with E-state index in [1.165, 1.54) is 32.1 Å². The Morgan fingerprint density at radius 3 is 2.07 bits per heavy atom. The Kier molecular flexibility index (Phi) is 5.80. The van der Waals surface area contributed by atoms with Gasteiger partial charge in [-0.25, -0.2) is 13.6 Å². The molecule has 1 fully saturated rings. The molecule has 3 aromatic rings. The van der Waals surface area contributed by atoms with Crippen molar-refractivity contribution in [2.45, 2.75) is 62.2 Å². The van der Waals surface area contributed by atoms with Gasteiger partial charge in [-0.3, -0.25) is 0 Å². The SMILES string of the molecule is CC1(c2onc(-c3ccccc3)c2-c2ccc(S(N)(=O)=O)cc2)CCCCCCC1. The van der Waals surface area contributed by atoms with Gasteiger partial charge in [0.05, 0.1) is 10.5 Å². The largest absolute Gasteiger partial charge is 0.360 e. The van der Waals surface area contributed by atoms with Gasteiger partial charge in [0, 0.05) is 11.0 Å². The summed E-state index contributed by atoms with van der Waals surface area (Å²) in [7, 11) is -3.74. The van der Waals surface area contributed by atoms with Gasteiger partial charge < -0.3 is 4.52 Å². The lowest BCUT2D eigenvalue weighted by atomic mass is 9.74. The van der Waals surface area contributed by atoms with Crippen LogP contribution in [0.1, 0.15) is 57.6 Å².